The predicted molar refractivity (Wildman–Crippen MR) is 105 cm³/mol. The van der Waals surface area contributed by atoms with Crippen LogP contribution >= 0.6 is 0 Å². The topological polar surface area (TPSA) is 35.6 Å². The molecule has 1 aliphatic heterocycles. The molecule has 140 valence electrons. The third-order valence-electron chi connectivity index (χ3n) is 4.84. The van der Waals surface area contributed by atoms with E-state index in [1.165, 1.54) is 11.1 Å². The smallest absolute Gasteiger partial charge is 0.234 e. The lowest BCUT2D eigenvalue weighted by molar-refractivity contribution is -0.122. The third kappa shape index (κ3) is 7.17. The van der Waals surface area contributed by atoms with Crippen LogP contribution in [-0.4, -0.2) is 61.5 Å². The Hall–Kier alpha value is -1.39. The molecule has 1 saturated heterocycles. The highest BCUT2D eigenvalue weighted by atomic mass is 16.2. The van der Waals surface area contributed by atoms with Crippen LogP contribution in [0.4, 0.5) is 0 Å². The molecule has 4 heteroatoms. The minimum atomic E-state index is 0.149. The molecule has 0 saturated carbocycles. The summed E-state index contributed by atoms with van der Waals surface area (Å²) >= 11 is 0. The van der Waals surface area contributed by atoms with Crippen molar-refractivity contribution in [1.82, 2.24) is 15.1 Å². The molecule has 0 bridgehead atoms. The van der Waals surface area contributed by atoms with E-state index in [4.69, 9.17) is 0 Å². The number of amides is 1. The van der Waals surface area contributed by atoms with E-state index in [2.05, 4.69) is 67.1 Å². The number of nitrogens with zero attached hydrogens (tertiary/aromatic N) is 2. The van der Waals surface area contributed by atoms with Gasteiger partial charge in [-0.05, 0) is 29.4 Å². The molecule has 2 rings (SSSR count). The average Bonchev–Trinajstić information content (AvgIpc) is 2.56. The van der Waals surface area contributed by atoms with Crippen molar-refractivity contribution in [2.24, 2.45) is 5.92 Å². The number of carbonyl (C=O) groups excluding carboxylic acids is 1. The molecule has 1 aliphatic rings. The van der Waals surface area contributed by atoms with Gasteiger partial charge in [0.1, 0.15) is 0 Å². The maximum Gasteiger partial charge on any atom is 0.234 e. The van der Waals surface area contributed by atoms with Crippen molar-refractivity contribution in [3.63, 3.8) is 0 Å². The third-order valence-corrected chi connectivity index (χ3v) is 4.84. The van der Waals surface area contributed by atoms with Crippen molar-refractivity contribution >= 4 is 5.91 Å². The molecule has 1 amide bonds. The largest absolute Gasteiger partial charge is 0.355 e. The van der Waals surface area contributed by atoms with Crippen LogP contribution in [0.25, 0.3) is 0 Å². The summed E-state index contributed by atoms with van der Waals surface area (Å²) in [6.07, 6.45) is 0.895. The summed E-state index contributed by atoms with van der Waals surface area (Å²) in [5.74, 6) is 1.43. The van der Waals surface area contributed by atoms with E-state index < -0.39 is 0 Å². The Bertz CT molecular complexity index is 516. The SMILES string of the molecule is CC(C)CN1CCN(CC(=O)NCCc2ccc(C(C)C)cc2)CC1. The van der Waals surface area contributed by atoms with E-state index in [9.17, 15) is 4.79 Å². The van der Waals surface area contributed by atoms with Crippen LogP contribution in [0.15, 0.2) is 24.3 Å². The maximum atomic E-state index is 12.1. The van der Waals surface area contributed by atoms with Crippen molar-refractivity contribution in [2.75, 3.05) is 45.8 Å². The summed E-state index contributed by atoms with van der Waals surface area (Å²) < 4.78 is 0. The van der Waals surface area contributed by atoms with Crippen molar-refractivity contribution in [1.29, 1.82) is 0 Å². The fraction of sp³-hybridized carbons (Fsp3) is 0.667. The van der Waals surface area contributed by atoms with Crippen LogP contribution in [-0.2, 0) is 11.2 Å². The minimum Gasteiger partial charge on any atom is -0.355 e. The summed E-state index contributed by atoms with van der Waals surface area (Å²) in [7, 11) is 0. The molecule has 0 aromatic heterocycles. The minimum absolute atomic E-state index is 0.149. The van der Waals surface area contributed by atoms with Gasteiger partial charge in [-0.15, -0.1) is 0 Å². The first-order valence-corrected chi connectivity index (χ1v) is 9.74. The summed E-state index contributed by atoms with van der Waals surface area (Å²) in [4.78, 5) is 16.9. The van der Waals surface area contributed by atoms with Gasteiger partial charge >= 0.3 is 0 Å². The first-order valence-electron chi connectivity index (χ1n) is 9.74. The van der Waals surface area contributed by atoms with Gasteiger partial charge in [0.15, 0.2) is 0 Å². The van der Waals surface area contributed by atoms with Gasteiger partial charge in [0.25, 0.3) is 0 Å². The standard InChI is InChI=1S/C21H35N3O/c1-17(2)15-23-11-13-24(14-12-23)16-21(25)22-10-9-19-5-7-20(8-6-19)18(3)4/h5-8,17-18H,9-16H2,1-4H3,(H,22,25). The number of rotatable bonds is 8. The molecule has 4 nitrogen and oxygen atoms in total. The zero-order valence-corrected chi connectivity index (χ0v) is 16.4. The second-order valence-electron chi connectivity index (χ2n) is 7.97. The number of benzene rings is 1. The fourth-order valence-electron chi connectivity index (χ4n) is 3.32. The Balaban J connectivity index is 1.63. The lowest BCUT2D eigenvalue weighted by Crippen LogP contribution is -2.50. The fourth-order valence-corrected chi connectivity index (χ4v) is 3.32. The van der Waals surface area contributed by atoms with E-state index in [1.807, 2.05) is 0 Å². The zero-order chi connectivity index (χ0) is 18.2. The van der Waals surface area contributed by atoms with E-state index in [0.29, 0.717) is 24.9 Å². The van der Waals surface area contributed by atoms with Crippen LogP contribution < -0.4 is 5.32 Å². The predicted octanol–water partition coefficient (Wildman–Crippen LogP) is 2.74. The number of hydrogen-bond acceptors (Lipinski definition) is 3. The lowest BCUT2D eigenvalue weighted by Gasteiger charge is -2.35. The molecule has 1 aromatic carbocycles. The number of piperazine rings is 1. The van der Waals surface area contributed by atoms with Gasteiger partial charge in [0.05, 0.1) is 6.54 Å². The van der Waals surface area contributed by atoms with Crippen molar-refractivity contribution < 1.29 is 4.79 Å². The van der Waals surface area contributed by atoms with Gasteiger partial charge in [-0.2, -0.15) is 0 Å². The van der Waals surface area contributed by atoms with E-state index in [0.717, 1.165) is 39.1 Å². The molecule has 1 N–H and O–H groups in total. The Morgan fingerprint density at radius 3 is 2.16 bits per heavy atom. The molecular formula is C21H35N3O. The summed E-state index contributed by atoms with van der Waals surface area (Å²) in [6, 6.07) is 8.74. The Morgan fingerprint density at radius 2 is 1.60 bits per heavy atom. The average molecular weight is 346 g/mol. The van der Waals surface area contributed by atoms with Crippen LogP contribution in [0, 0.1) is 5.92 Å². The van der Waals surface area contributed by atoms with Crippen LogP contribution in [0.2, 0.25) is 0 Å². The second kappa shape index (κ2) is 9.93. The highest BCUT2D eigenvalue weighted by Crippen LogP contribution is 2.14. The molecule has 0 unspecified atom stereocenters. The molecular weight excluding hydrogens is 310 g/mol. The van der Waals surface area contributed by atoms with Gasteiger partial charge < -0.3 is 10.2 Å². The highest BCUT2D eigenvalue weighted by molar-refractivity contribution is 5.78. The zero-order valence-electron chi connectivity index (χ0n) is 16.4. The molecule has 0 aliphatic carbocycles. The number of nitrogens with one attached hydrogen (secondary N) is 1. The molecule has 25 heavy (non-hydrogen) atoms. The van der Waals surface area contributed by atoms with Crippen molar-refractivity contribution in [3.05, 3.63) is 35.4 Å². The summed E-state index contributed by atoms with van der Waals surface area (Å²) in [5.41, 5.74) is 2.65. The highest BCUT2D eigenvalue weighted by Gasteiger charge is 2.19. The lowest BCUT2D eigenvalue weighted by atomic mass is 10.0. The van der Waals surface area contributed by atoms with Crippen LogP contribution in [0.1, 0.15) is 44.7 Å². The molecule has 0 radical (unpaired) electrons. The first-order chi connectivity index (χ1) is 11.9. The van der Waals surface area contributed by atoms with Gasteiger partial charge in [0.2, 0.25) is 5.91 Å². The number of hydrogen-bond donors (Lipinski definition) is 1. The summed E-state index contributed by atoms with van der Waals surface area (Å²) in [5, 5.41) is 3.07. The van der Waals surface area contributed by atoms with Gasteiger partial charge in [-0.1, -0.05) is 52.0 Å². The second-order valence-corrected chi connectivity index (χ2v) is 7.97. The molecule has 0 atom stereocenters. The molecule has 1 aromatic rings. The van der Waals surface area contributed by atoms with Crippen LogP contribution in [0.5, 0.6) is 0 Å². The maximum absolute atomic E-state index is 12.1. The van der Waals surface area contributed by atoms with Gasteiger partial charge in [-0.25, -0.2) is 0 Å². The normalized spacial score (nSPS) is 16.6. The van der Waals surface area contributed by atoms with E-state index in [-0.39, 0.29) is 5.91 Å². The van der Waals surface area contributed by atoms with Crippen molar-refractivity contribution in [2.45, 2.75) is 40.0 Å². The Kier molecular flexibility index (Phi) is 7.91. The monoisotopic (exact) mass is 345 g/mol. The molecule has 1 heterocycles. The Morgan fingerprint density at radius 1 is 1.00 bits per heavy atom. The van der Waals surface area contributed by atoms with E-state index >= 15 is 0 Å². The van der Waals surface area contributed by atoms with Gasteiger partial charge in [-0.3, -0.25) is 9.69 Å². The van der Waals surface area contributed by atoms with Crippen molar-refractivity contribution in [3.8, 4) is 0 Å². The first kappa shape index (κ1) is 19.9. The van der Waals surface area contributed by atoms with Gasteiger partial charge in [0, 0.05) is 39.3 Å². The van der Waals surface area contributed by atoms with Crippen LogP contribution in [0.3, 0.4) is 0 Å². The Labute approximate surface area is 153 Å². The quantitative estimate of drug-likeness (QED) is 0.787. The van der Waals surface area contributed by atoms with E-state index in [1.54, 1.807) is 0 Å². The molecule has 0 spiro atoms. The number of carbonyl (C=O) groups is 1. The summed E-state index contributed by atoms with van der Waals surface area (Å²) in [6.45, 7) is 15.5. The molecule has 1 fully saturated rings.